The molecule has 0 saturated carbocycles. The van der Waals surface area contributed by atoms with Gasteiger partial charge in [0, 0.05) is 12.1 Å². The fraction of sp³-hybridized carbons (Fsp3) is 0.500. The lowest BCUT2D eigenvalue weighted by molar-refractivity contribution is 0.0901. The van der Waals surface area contributed by atoms with Crippen molar-refractivity contribution < 1.29 is 15.0 Å². The van der Waals surface area contributed by atoms with Crippen molar-refractivity contribution in [2.24, 2.45) is 0 Å². The fourth-order valence-electron chi connectivity index (χ4n) is 2.44. The summed E-state index contributed by atoms with van der Waals surface area (Å²) in [6.07, 6.45) is 2.07. The van der Waals surface area contributed by atoms with Gasteiger partial charge in [0.1, 0.15) is 11.5 Å². The van der Waals surface area contributed by atoms with E-state index in [1.54, 1.807) is 0 Å². The van der Waals surface area contributed by atoms with Gasteiger partial charge in [0.15, 0.2) is 5.78 Å². The molecule has 3 N–H and O–H groups in total. The standard InChI is InChI=1S/C14H20N2O3/c1-16(10-4-6-15-7-5-10)9-14(19)12-3-2-11(17)8-13(12)18/h2-3,8,10,15,17-18H,4-7,9H2,1H3. The highest BCUT2D eigenvalue weighted by Gasteiger charge is 2.21. The number of ketones is 1. The van der Waals surface area contributed by atoms with Gasteiger partial charge in [-0.25, -0.2) is 0 Å². The Hall–Kier alpha value is -1.59. The molecule has 2 rings (SSSR count). The van der Waals surface area contributed by atoms with Crippen LogP contribution >= 0.6 is 0 Å². The first kappa shape index (κ1) is 13.8. The van der Waals surface area contributed by atoms with Crippen LogP contribution in [-0.4, -0.2) is 53.6 Å². The van der Waals surface area contributed by atoms with E-state index in [2.05, 4.69) is 5.32 Å². The highest BCUT2D eigenvalue weighted by Crippen LogP contribution is 2.23. The third-order valence-electron chi connectivity index (χ3n) is 3.61. The van der Waals surface area contributed by atoms with Crippen molar-refractivity contribution >= 4 is 5.78 Å². The molecule has 0 aromatic heterocycles. The van der Waals surface area contributed by atoms with E-state index < -0.39 is 0 Å². The number of phenols is 2. The van der Waals surface area contributed by atoms with Crippen molar-refractivity contribution in [2.75, 3.05) is 26.7 Å². The van der Waals surface area contributed by atoms with Gasteiger partial charge in [-0.05, 0) is 45.1 Å². The predicted octanol–water partition coefficient (Wildman–Crippen LogP) is 0.964. The Morgan fingerprint density at radius 2 is 2.05 bits per heavy atom. The van der Waals surface area contributed by atoms with Crippen LogP contribution in [0.3, 0.4) is 0 Å². The molecule has 104 valence electrons. The van der Waals surface area contributed by atoms with Crippen LogP contribution in [0.2, 0.25) is 0 Å². The molecule has 1 aromatic carbocycles. The van der Waals surface area contributed by atoms with Crippen molar-refractivity contribution in [3.8, 4) is 11.5 Å². The van der Waals surface area contributed by atoms with Crippen LogP contribution < -0.4 is 5.32 Å². The number of carbonyl (C=O) groups excluding carboxylic acids is 1. The zero-order valence-electron chi connectivity index (χ0n) is 11.1. The van der Waals surface area contributed by atoms with Crippen LogP contribution in [0.5, 0.6) is 11.5 Å². The van der Waals surface area contributed by atoms with Crippen molar-refractivity contribution in [3.05, 3.63) is 23.8 Å². The molecular weight excluding hydrogens is 244 g/mol. The van der Waals surface area contributed by atoms with E-state index in [4.69, 9.17) is 0 Å². The van der Waals surface area contributed by atoms with Crippen LogP contribution in [0.4, 0.5) is 0 Å². The molecule has 19 heavy (non-hydrogen) atoms. The average Bonchev–Trinajstić information content (AvgIpc) is 2.39. The summed E-state index contributed by atoms with van der Waals surface area (Å²) in [5.74, 6) is -0.331. The molecule has 5 nitrogen and oxygen atoms in total. The van der Waals surface area contributed by atoms with Crippen molar-refractivity contribution in [2.45, 2.75) is 18.9 Å². The summed E-state index contributed by atoms with van der Waals surface area (Å²) >= 11 is 0. The molecule has 1 aliphatic rings. The summed E-state index contributed by atoms with van der Waals surface area (Å²) in [6, 6.07) is 4.47. The van der Waals surface area contributed by atoms with E-state index >= 15 is 0 Å². The normalized spacial score (nSPS) is 16.7. The Bertz CT molecular complexity index is 456. The summed E-state index contributed by atoms with van der Waals surface area (Å²) in [5, 5.41) is 22.2. The molecule has 1 heterocycles. The molecule has 0 radical (unpaired) electrons. The number of carbonyl (C=O) groups is 1. The quantitative estimate of drug-likeness (QED) is 0.707. The summed E-state index contributed by atoms with van der Waals surface area (Å²) in [6.45, 7) is 2.24. The number of nitrogens with zero attached hydrogens (tertiary/aromatic N) is 1. The number of piperidine rings is 1. The molecule has 1 saturated heterocycles. The Balaban J connectivity index is 1.99. The first-order chi connectivity index (χ1) is 9.08. The number of Topliss-reactive ketones (excluding diaryl/α,β-unsaturated/α-hetero) is 1. The Morgan fingerprint density at radius 3 is 2.68 bits per heavy atom. The van der Waals surface area contributed by atoms with E-state index in [-0.39, 0.29) is 29.4 Å². The molecule has 0 unspecified atom stereocenters. The second-order valence-corrected chi connectivity index (χ2v) is 5.02. The number of hydrogen-bond donors (Lipinski definition) is 3. The van der Waals surface area contributed by atoms with Crippen LogP contribution in [-0.2, 0) is 0 Å². The van der Waals surface area contributed by atoms with Crippen molar-refractivity contribution in [1.29, 1.82) is 0 Å². The topological polar surface area (TPSA) is 72.8 Å². The number of benzene rings is 1. The number of rotatable bonds is 4. The van der Waals surface area contributed by atoms with Gasteiger partial charge in [-0.2, -0.15) is 0 Å². The predicted molar refractivity (Wildman–Crippen MR) is 72.6 cm³/mol. The minimum Gasteiger partial charge on any atom is -0.508 e. The van der Waals surface area contributed by atoms with Gasteiger partial charge in [-0.15, -0.1) is 0 Å². The molecule has 0 aliphatic carbocycles. The maximum absolute atomic E-state index is 12.1. The number of phenolic OH excluding ortho intramolecular Hbond substituents is 2. The van der Waals surface area contributed by atoms with Crippen LogP contribution in [0.25, 0.3) is 0 Å². The average molecular weight is 264 g/mol. The summed E-state index contributed by atoms with van der Waals surface area (Å²) in [7, 11) is 1.94. The monoisotopic (exact) mass is 264 g/mol. The molecular formula is C14H20N2O3. The summed E-state index contributed by atoms with van der Waals surface area (Å²) < 4.78 is 0. The molecule has 0 amide bonds. The SMILES string of the molecule is CN(CC(=O)c1ccc(O)cc1O)C1CCNCC1. The van der Waals surface area contributed by atoms with E-state index in [0.717, 1.165) is 25.9 Å². The van der Waals surface area contributed by atoms with Crippen molar-refractivity contribution in [1.82, 2.24) is 10.2 Å². The Morgan fingerprint density at radius 1 is 1.37 bits per heavy atom. The summed E-state index contributed by atoms with van der Waals surface area (Å²) in [4.78, 5) is 14.2. The van der Waals surface area contributed by atoms with Gasteiger partial charge in [0.05, 0.1) is 12.1 Å². The second kappa shape index (κ2) is 6.04. The lowest BCUT2D eigenvalue weighted by Gasteiger charge is -2.31. The van der Waals surface area contributed by atoms with Crippen molar-refractivity contribution in [3.63, 3.8) is 0 Å². The lowest BCUT2D eigenvalue weighted by Crippen LogP contribution is -2.43. The minimum absolute atomic E-state index is 0.0410. The second-order valence-electron chi connectivity index (χ2n) is 5.02. The van der Waals surface area contributed by atoms with Crippen LogP contribution in [0.1, 0.15) is 23.2 Å². The van der Waals surface area contributed by atoms with Gasteiger partial charge in [-0.1, -0.05) is 0 Å². The highest BCUT2D eigenvalue weighted by atomic mass is 16.3. The number of aromatic hydroxyl groups is 2. The minimum atomic E-state index is -0.163. The van der Waals surface area contributed by atoms with E-state index in [0.29, 0.717) is 6.04 Å². The summed E-state index contributed by atoms with van der Waals surface area (Å²) in [5.41, 5.74) is 0.263. The lowest BCUT2D eigenvalue weighted by atomic mass is 10.0. The van der Waals surface area contributed by atoms with E-state index in [1.165, 1.54) is 18.2 Å². The number of hydrogen-bond acceptors (Lipinski definition) is 5. The maximum atomic E-state index is 12.1. The Labute approximate surface area is 112 Å². The van der Waals surface area contributed by atoms with Gasteiger partial charge >= 0.3 is 0 Å². The van der Waals surface area contributed by atoms with Gasteiger partial charge in [0.2, 0.25) is 0 Å². The molecule has 1 fully saturated rings. The molecule has 0 atom stereocenters. The zero-order chi connectivity index (χ0) is 13.8. The third kappa shape index (κ3) is 3.45. The largest absolute Gasteiger partial charge is 0.508 e. The van der Waals surface area contributed by atoms with Gasteiger partial charge < -0.3 is 15.5 Å². The number of nitrogens with one attached hydrogen (secondary N) is 1. The molecule has 5 heteroatoms. The smallest absolute Gasteiger partial charge is 0.180 e. The maximum Gasteiger partial charge on any atom is 0.180 e. The Kier molecular flexibility index (Phi) is 4.39. The fourth-order valence-corrected chi connectivity index (χ4v) is 2.44. The molecule has 1 aliphatic heterocycles. The van der Waals surface area contributed by atoms with Crippen LogP contribution in [0.15, 0.2) is 18.2 Å². The van der Waals surface area contributed by atoms with E-state index in [9.17, 15) is 15.0 Å². The van der Waals surface area contributed by atoms with E-state index in [1.807, 2.05) is 11.9 Å². The first-order valence-electron chi connectivity index (χ1n) is 6.54. The van der Waals surface area contributed by atoms with Gasteiger partial charge in [-0.3, -0.25) is 9.69 Å². The zero-order valence-corrected chi connectivity index (χ0v) is 11.1. The number of likely N-dealkylation sites (N-methyl/N-ethyl adjacent to an activating group) is 1. The van der Waals surface area contributed by atoms with Crippen LogP contribution in [0, 0.1) is 0 Å². The molecule has 1 aromatic rings. The molecule has 0 spiro atoms. The van der Waals surface area contributed by atoms with Gasteiger partial charge in [0.25, 0.3) is 0 Å². The highest BCUT2D eigenvalue weighted by molar-refractivity contribution is 6.00. The molecule has 0 bridgehead atoms. The first-order valence-corrected chi connectivity index (χ1v) is 6.54. The third-order valence-corrected chi connectivity index (χ3v) is 3.61.